The Hall–Kier alpha value is -2.16. The summed E-state index contributed by atoms with van der Waals surface area (Å²) in [5.74, 6) is -0.228. The number of carbonyl (C=O) groups excluding carboxylic acids is 1. The molecule has 0 aromatic carbocycles. The molecule has 1 aliphatic rings. The van der Waals surface area contributed by atoms with Gasteiger partial charge in [-0.15, -0.1) is 29.9 Å². The predicted molar refractivity (Wildman–Crippen MR) is 107 cm³/mol. The third-order valence-electron chi connectivity index (χ3n) is 4.60. The molecule has 1 amide bonds. The van der Waals surface area contributed by atoms with Gasteiger partial charge in [0.15, 0.2) is 5.69 Å². The molecule has 2 N–H and O–H groups in total. The first-order chi connectivity index (χ1) is 12.2. The number of amides is 1. The number of aromatic nitrogens is 5. The lowest BCUT2D eigenvalue weighted by atomic mass is 10.1. The van der Waals surface area contributed by atoms with Crippen LogP contribution in [0.5, 0.6) is 0 Å². The van der Waals surface area contributed by atoms with E-state index in [1.165, 1.54) is 0 Å². The molecule has 4 rings (SSSR count). The molecule has 1 saturated heterocycles. The molecule has 0 radical (unpaired) electrons. The Morgan fingerprint density at radius 1 is 1.26 bits per heavy atom. The summed E-state index contributed by atoms with van der Waals surface area (Å²) in [4.78, 5) is 16.8. The maximum atomic E-state index is 12.3. The number of rotatable bonds is 4. The maximum Gasteiger partial charge on any atom is 0.273 e. The van der Waals surface area contributed by atoms with Crippen molar-refractivity contribution in [3.8, 4) is 0 Å². The standard InChI is InChI=1S/C17H21N7O.2ClH/c1-12-3-2-4-16-20-13(10-23(12)16)9-19-17(25)15-11-24(22-21-15)14-5-7-18-8-6-14;;/h2-4,10-11,14,18H,5-9H2,1H3,(H,19,25);2*1H. The van der Waals surface area contributed by atoms with Crippen LogP contribution < -0.4 is 10.6 Å². The number of aryl methyl sites for hydroxylation is 1. The maximum absolute atomic E-state index is 12.3. The van der Waals surface area contributed by atoms with E-state index in [0.29, 0.717) is 18.3 Å². The fraction of sp³-hybridized carbons (Fsp3) is 0.412. The van der Waals surface area contributed by atoms with Gasteiger partial charge in [-0.2, -0.15) is 0 Å². The van der Waals surface area contributed by atoms with Gasteiger partial charge in [0.2, 0.25) is 0 Å². The van der Waals surface area contributed by atoms with E-state index in [0.717, 1.165) is 43.0 Å². The Morgan fingerprint density at radius 3 is 2.78 bits per heavy atom. The van der Waals surface area contributed by atoms with E-state index in [-0.39, 0.29) is 30.7 Å². The average Bonchev–Trinajstić information content (AvgIpc) is 3.28. The average molecular weight is 412 g/mol. The normalized spacial score (nSPS) is 14.4. The van der Waals surface area contributed by atoms with E-state index < -0.39 is 0 Å². The van der Waals surface area contributed by atoms with Crippen molar-refractivity contribution in [1.82, 2.24) is 35.0 Å². The Labute approximate surface area is 169 Å². The van der Waals surface area contributed by atoms with Gasteiger partial charge in [-0.3, -0.25) is 4.79 Å². The van der Waals surface area contributed by atoms with E-state index in [1.807, 2.05) is 40.4 Å². The molecular weight excluding hydrogens is 389 g/mol. The molecule has 0 aliphatic carbocycles. The van der Waals surface area contributed by atoms with Crippen LogP contribution >= 0.6 is 24.8 Å². The number of carbonyl (C=O) groups is 1. The first-order valence-corrected chi connectivity index (χ1v) is 8.55. The Bertz CT molecular complexity index is 902. The quantitative estimate of drug-likeness (QED) is 0.684. The molecule has 3 aromatic heterocycles. The third-order valence-corrected chi connectivity index (χ3v) is 4.60. The van der Waals surface area contributed by atoms with E-state index in [1.54, 1.807) is 6.20 Å². The van der Waals surface area contributed by atoms with Crippen LogP contribution in [0.25, 0.3) is 5.65 Å². The fourth-order valence-corrected chi connectivity index (χ4v) is 3.18. The zero-order chi connectivity index (χ0) is 17.2. The van der Waals surface area contributed by atoms with Crippen LogP contribution in [-0.2, 0) is 6.54 Å². The summed E-state index contributed by atoms with van der Waals surface area (Å²) in [6, 6.07) is 6.26. The molecular formula is C17H23Cl2N7O. The van der Waals surface area contributed by atoms with Crippen LogP contribution in [0.2, 0.25) is 0 Å². The molecule has 4 heterocycles. The summed E-state index contributed by atoms with van der Waals surface area (Å²) in [6.45, 7) is 4.33. The van der Waals surface area contributed by atoms with Gasteiger partial charge in [-0.1, -0.05) is 11.3 Å². The minimum absolute atomic E-state index is 0. The lowest BCUT2D eigenvalue weighted by molar-refractivity contribution is 0.0945. The van der Waals surface area contributed by atoms with Crippen molar-refractivity contribution in [3.63, 3.8) is 0 Å². The van der Waals surface area contributed by atoms with Gasteiger partial charge < -0.3 is 15.0 Å². The van der Waals surface area contributed by atoms with E-state index in [9.17, 15) is 4.79 Å². The zero-order valence-corrected chi connectivity index (χ0v) is 16.6. The van der Waals surface area contributed by atoms with E-state index in [4.69, 9.17) is 0 Å². The Kier molecular flexibility index (Phi) is 7.18. The Morgan fingerprint density at radius 2 is 2.04 bits per heavy atom. The molecule has 0 saturated carbocycles. The van der Waals surface area contributed by atoms with Crippen LogP contribution in [0.4, 0.5) is 0 Å². The number of nitrogens with one attached hydrogen (secondary N) is 2. The summed E-state index contributed by atoms with van der Waals surface area (Å²) in [6.07, 6.45) is 5.69. The molecule has 1 aliphatic heterocycles. The summed E-state index contributed by atoms with van der Waals surface area (Å²) in [5.41, 5.74) is 3.14. The highest BCUT2D eigenvalue weighted by Gasteiger charge is 2.18. The van der Waals surface area contributed by atoms with Crippen LogP contribution in [0.1, 0.15) is 40.8 Å². The number of piperidine rings is 1. The van der Waals surface area contributed by atoms with Crippen LogP contribution in [0.15, 0.2) is 30.6 Å². The van der Waals surface area contributed by atoms with Crippen LogP contribution in [0.3, 0.4) is 0 Å². The van der Waals surface area contributed by atoms with Gasteiger partial charge in [0.1, 0.15) is 5.65 Å². The molecule has 0 atom stereocenters. The number of hydrogen-bond donors (Lipinski definition) is 2. The van der Waals surface area contributed by atoms with Crippen molar-refractivity contribution < 1.29 is 4.79 Å². The zero-order valence-electron chi connectivity index (χ0n) is 15.0. The van der Waals surface area contributed by atoms with Gasteiger partial charge in [-0.25, -0.2) is 9.67 Å². The van der Waals surface area contributed by atoms with Crippen molar-refractivity contribution in [2.24, 2.45) is 0 Å². The molecule has 0 unspecified atom stereocenters. The first kappa shape index (κ1) is 21.1. The Balaban J connectivity index is 0.00000131. The smallest absolute Gasteiger partial charge is 0.273 e. The molecule has 1 fully saturated rings. The van der Waals surface area contributed by atoms with Crippen molar-refractivity contribution in [3.05, 3.63) is 47.7 Å². The number of pyridine rings is 1. The molecule has 0 bridgehead atoms. The van der Waals surface area contributed by atoms with Crippen molar-refractivity contribution in [1.29, 1.82) is 0 Å². The van der Waals surface area contributed by atoms with E-state index in [2.05, 4.69) is 25.9 Å². The molecule has 8 nitrogen and oxygen atoms in total. The van der Waals surface area contributed by atoms with Crippen molar-refractivity contribution in [2.45, 2.75) is 32.4 Å². The predicted octanol–water partition coefficient (Wildman–Crippen LogP) is 1.93. The fourth-order valence-electron chi connectivity index (χ4n) is 3.18. The second-order valence-corrected chi connectivity index (χ2v) is 6.38. The summed E-state index contributed by atoms with van der Waals surface area (Å²) < 4.78 is 3.82. The second kappa shape index (κ2) is 9.16. The van der Waals surface area contributed by atoms with Gasteiger partial charge in [0.25, 0.3) is 5.91 Å². The first-order valence-electron chi connectivity index (χ1n) is 8.55. The summed E-state index contributed by atoms with van der Waals surface area (Å²) >= 11 is 0. The third kappa shape index (κ3) is 4.58. The summed E-state index contributed by atoms with van der Waals surface area (Å²) in [7, 11) is 0. The molecule has 146 valence electrons. The van der Waals surface area contributed by atoms with E-state index >= 15 is 0 Å². The number of nitrogens with zero attached hydrogens (tertiary/aromatic N) is 5. The topological polar surface area (TPSA) is 89.1 Å². The lowest BCUT2D eigenvalue weighted by Gasteiger charge is -2.22. The minimum atomic E-state index is -0.228. The molecule has 27 heavy (non-hydrogen) atoms. The number of imidazole rings is 1. The summed E-state index contributed by atoms with van der Waals surface area (Å²) in [5, 5.41) is 14.3. The number of halogens is 2. The largest absolute Gasteiger partial charge is 0.345 e. The molecule has 0 spiro atoms. The lowest BCUT2D eigenvalue weighted by Crippen LogP contribution is -2.29. The highest BCUT2D eigenvalue weighted by Crippen LogP contribution is 2.17. The van der Waals surface area contributed by atoms with Crippen molar-refractivity contribution >= 4 is 36.4 Å². The molecule has 3 aromatic rings. The minimum Gasteiger partial charge on any atom is -0.345 e. The SMILES string of the molecule is Cc1cccc2nc(CNC(=O)c3cn(C4CCNCC4)nn3)cn12.Cl.Cl. The highest BCUT2D eigenvalue weighted by molar-refractivity contribution is 5.91. The van der Waals surface area contributed by atoms with Crippen LogP contribution in [-0.4, -0.2) is 43.4 Å². The highest BCUT2D eigenvalue weighted by atomic mass is 35.5. The number of fused-ring (bicyclic) bond motifs is 1. The van der Waals surface area contributed by atoms with Gasteiger partial charge >= 0.3 is 0 Å². The number of hydrogen-bond acceptors (Lipinski definition) is 5. The van der Waals surface area contributed by atoms with Crippen LogP contribution in [0, 0.1) is 6.92 Å². The second-order valence-electron chi connectivity index (χ2n) is 6.38. The van der Waals surface area contributed by atoms with Gasteiger partial charge in [-0.05, 0) is 45.0 Å². The molecule has 10 heteroatoms. The van der Waals surface area contributed by atoms with Crippen molar-refractivity contribution in [2.75, 3.05) is 13.1 Å². The monoisotopic (exact) mass is 411 g/mol. The van der Waals surface area contributed by atoms with Gasteiger partial charge in [0, 0.05) is 11.9 Å². The van der Waals surface area contributed by atoms with Gasteiger partial charge in [0.05, 0.1) is 24.5 Å².